The van der Waals surface area contributed by atoms with Crippen LogP contribution in [0.3, 0.4) is 0 Å². The highest BCUT2D eigenvalue weighted by molar-refractivity contribution is 5.95. The molecule has 3 rings (SSSR count). The minimum absolute atomic E-state index is 0.0174. The Morgan fingerprint density at radius 2 is 1.96 bits per heavy atom. The SMILES string of the molecule is NC[C@@H]1CN(C(=O)c2cc(F)cc([N+](=O)[O-])c2)C[C@H]1c1ccccc1. The number of halogens is 1. The van der Waals surface area contributed by atoms with E-state index in [1.54, 1.807) is 4.90 Å². The molecule has 6 nitrogen and oxygen atoms in total. The van der Waals surface area contributed by atoms with Crippen LogP contribution in [-0.2, 0) is 0 Å². The Bertz CT molecular complexity index is 797. The Morgan fingerprint density at radius 3 is 2.60 bits per heavy atom. The molecule has 1 aliphatic rings. The summed E-state index contributed by atoms with van der Waals surface area (Å²) in [5.74, 6) is -1.03. The third-order valence-electron chi connectivity index (χ3n) is 4.60. The molecule has 1 fully saturated rings. The van der Waals surface area contributed by atoms with Gasteiger partial charge in [0.1, 0.15) is 5.82 Å². The van der Waals surface area contributed by atoms with Gasteiger partial charge in [-0.25, -0.2) is 4.39 Å². The number of nitrogens with zero attached hydrogens (tertiary/aromatic N) is 2. The van der Waals surface area contributed by atoms with Crippen molar-refractivity contribution in [3.05, 3.63) is 75.6 Å². The molecule has 0 spiro atoms. The molecule has 2 N–H and O–H groups in total. The lowest BCUT2D eigenvalue weighted by atomic mass is 9.89. The van der Waals surface area contributed by atoms with Gasteiger partial charge in [0.05, 0.1) is 11.0 Å². The highest BCUT2D eigenvalue weighted by Crippen LogP contribution is 2.33. The molecule has 0 aliphatic carbocycles. The fourth-order valence-corrected chi connectivity index (χ4v) is 3.34. The lowest BCUT2D eigenvalue weighted by Crippen LogP contribution is -2.30. The maximum absolute atomic E-state index is 13.6. The first-order valence-corrected chi connectivity index (χ1v) is 7.99. The van der Waals surface area contributed by atoms with Crippen LogP contribution in [0, 0.1) is 21.8 Å². The standard InChI is InChI=1S/C18H18FN3O3/c19-15-6-13(7-16(8-15)22(24)25)18(23)21-10-14(9-20)17(11-21)12-4-2-1-3-5-12/h1-8,14,17H,9-11,20H2/t14-,17+/m1/s1. The highest BCUT2D eigenvalue weighted by atomic mass is 19.1. The van der Waals surface area contributed by atoms with Crippen molar-refractivity contribution >= 4 is 11.6 Å². The number of nitro benzene ring substituents is 1. The van der Waals surface area contributed by atoms with Crippen molar-refractivity contribution in [3.8, 4) is 0 Å². The minimum atomic E-state index is -0.799. The zero-order valence-electron chi connectivity index (χ0n) is 13.5. The summed E-state index contributed by atoms with van der Waals surface area (Å²) in [6.45, 7) is 1.32. The molecule has 0 radical (unpaired) electrons. The largest absolute Gasteiger partial charge is 0.338 e. The smallest absolute Gasteiger partial charge is 0.273 e. The Hall–Kier alpha value is -2.80. The summed E-state index contributed by atoms with van der Waals surface area (Å²) >= 11 is 0. The van der Waals surface area contributed by atoms with Gasteiger partial charge in [0.15, 0.2) is 0 Å². The normalized spacial score (nSPS) is 19.8. The van der Waals surface area contributed by atoms with Gasteiger partial charge in [-0.1, -0.05) is 30.3 Å². The summed E-state index contributed by atoms with van der Waals surface area (Å²) in [7, 11) is 0. The molecule has 0 bridgehead atoms. The minimum Gasteiger partial charge on any atom is -0.338 e. The van der Waals surface area contributed by atoms with E-state index in [1.165, 1.54) is 0 Å². The first kappa shape index (κ1) is 17.0. The lowest BCUT2D eigenvalue weighted by molar-refractivity contribution is -0.385. The molecule has 0 unspecified atom stereocenters. The summed E-state index contributed by atoms with van der Waals surface area (Å²) in [6, 6.07) is 12.7. The molecule has 2 aromatic carbocycles. The maximum Gasteiger partial charge on any atom is 0.273 e. The topological polar surface area (TPSA) is 89.5 Å². The molecule has 1 saturated heterocycles. The monoisotopic (exact) mass is 343 g/mol. The summed E-state index contributed by atoms with van der Waals surface area (Å²) in [6.07, 6.45) is 0. The zero-order chi connectivity index (χ0) is 18.0. The first-order valence-electron chi connectivity index (χ1n) is 7.99. The first-order chi connectivity index (χ1) is 12.0. The molecule has 2 aromatic rings. The summed E-state index contributed by atoms with van der Waals surface area (Å²) in [5, 5.41) is 10.9. The van der Waals surface area contributed by atoms with E-state index in [9.17, 15) is 19.3 Å². The van der Waals surface area contributed by atoms with Crippen molar-refractivity contribution in [2.24, 2.45) is 11.7 Å². The quantitative estimate of drug-likeness (QED) is 0.682. The van der Waals surface area contributed by atoms with Crippen LogP contribution in [0.5, 0.6) is 0 Å². The number of likely N-dealkylation sites (tertiary alicyclic amines) is 1. The molecule has 1 aliphatic heterocycles. The fraction of sp³-hybridized carbons (Fsp3) is 0.278. The molecule has 7 heteroatoms. The number of carbonyl (C=O) groups excluding carboxylic acids is 1. The van der Waals surface area contributed by atoms with E-state index < -0.39 is 22.3 Å². The highest BCUT2D eigenvalue weighted by Gasteiger charge is 2.36. The van der Waals surface area contributed by atoms with Crippen molar-refractivity contribution in [1.82, 2.24) is 4.90 Å². The van der Waals surface area contributed by atoms with Crippen LogP contribution < -0.4 is 5.73 Å². The van der Waals surface area contributed by atoms with E-state index in [1.807, 2.05) is 30.3 Å². The fourth-order valence-electron chi connectivity index (χ4n) is 3.34. The van der Waals surface area contributed by atoms with Crippen molar-refractivity contribution < 1.29 is 14.1 Å². The van der Waals surface area contributed by atoms with Gasteiger partial charge in [-0.2, -0.15) is 0 Å². The second-order valence-corrected chi connectivity index (χ2v) is 6.18. The van der Waals surface area contributed by atoms with Crippen LogP contribution in [0.4, 0.5) is 10.1 Å². The number of hydrogen-bond acceptors (Lipinski definition) is 4. The number of nitrogens with two attached hydrogens (primary N) is 1. The van der Waals surface area contributed by atoms with Crippen LogP contribution in [-0.4, -0.2) is 35.4 Å². The van der Waals surface area contributed by atoms with Gasteiger partial charge >= 0.3 is 0 Å². The number of hydrogen-bond donors (Lipinski definition) is 1. The molecule has 1 heterocycles. The Labute approximate surface area is 144 Å². The van der Waals surface area contributed by atoms with E-state index in [-0.39, 0.29) is 17.4 Å². The molecule has 0 aromatic heterocycles. The van der Waals surface area contributed by atoms with Crippen LogP contribution in [0.25, 0.3) is 0 Å². The second-order valence-electron chi connectivity index (χ2n) is 6.18. The number of rotatable bonds is 4. The Kier molecular flexibility index (Phi) is 4.76. The second kappa shape index (κ2) is 6.98. The summed E-state index contributed by atoms with van der Waals surface area (Å²) < 4.78 is 13.6. The Balaban J connectivity index is 1.85. The lowest BCUT2D eigenvalue weighted by Gasteiger charge is -2.17. The van der Waals surface area contributed by atoms with Gasteiger partial charge in [0.25, 0.3) is 11.6 Å². The van der Waals surface area contributed by atoms with Crippen molar-refractivity contribution in [2.75, 3.05) is 19.6 Å². The zero-order valence-corrected chi connectivity index (χ0v) is 13.5. The number of carbonyl (C=O) groups is 1. The van der Waals surface area contributed by atoms with E-state index in [2.05, 4.69) is 0 Å². The average molecular weight is 343 g/mol. The number of amides is 1. The van der Waals surface area contributed by atoms with Gasteiger partial charge in [0, 0.05) is 30.6 Å². The Morgan fingerprint density at radius 1 is 1.24 bits per heavy atom. The van der Waals surface area contributed by atoms with Crippen LogP contribution in [0.2, 0.25) is 0 Å². The molecular weight excluding hydrogens is 325 g/mol. The van der Waals surface area contributed by atoms with Gasteiger partial charge in [-0.05, 0) is 24.1 Å². The van der Waals surface area contributed by atoms with Gasteiger partial charge < -0.3 is 10.6 Å². The molecule has 1 amide bonds. The predicted molar refractivity (Wildman–Crippen MR) is 90.7 cm³/mol. The maximum atomic E-state index is 13.6. The van der Waals surface area contributed by atoms with E-state index in [0.29, 0.717) is 19.6 Å². The third kappa shape index (κ3) is 3.51. The average Bonchev–Trinajstić information content (AvgIpc) is 3.05. The van der Waals surface area contributed by atoms with Crippen molar-refractivity contribution in [3.63, 3.8) is 0 Å². The number of benzene rings is 2. The summed E-state index contributed by atoms with van der Waals surface area (Å²) in [5.41, 5.74) is 6.51. The van der Waals surface area contributed by atoms with Crippen molar-refractivity contribution in [2.45, 2.75) is 5.92 Å². The van der Waals surface area contributed by atoms with Gasteiger partial charge in [0.2, 0.25) is 0 Å². The van der Waals surface area contributed by atoms with Crippen molar-refractivity contribution in [1.29, 1.82) is 0 Å². The molecule has 2 atom stereocenters. The van der Waals surface area contributed by atoms with E-state index in [4.69, 9.17) is 5.73 Å². The predicted octanol–water partition coefficient (Wildman–Crippen LogP) is 2.55. The molecule has 0 saturated carbocycles. The summed E-state index contributed by atoms with van der Waals surface area (Å²) in [4.78, 5) is 24.5. The molecular formula is C18H18FN3O3. The van der Waals surface area contributed by atoms with Gasteiger partial charge in [-0.3, -0.25) is 14.9 Å². The molecule has 130 valence electrons. The van der Waals surface area contributed by atoms with Gasteiger partial charge in [-0.15, -0.1) is 0 Å². The number of nitro groups is 1. The van der Waals surface area contributed by atoms with E-state index >= 15 is 0 Å². The van der Waals surface area contributed by atoms with Crippen LogP contribution in [0.15, 0.2) is 48.5 Å². The third-order valence-corrected chi connectivity index (χ3v) is 4.60. The van der Waals surface area contributed by atoms with Crippen LogP contribution >= 0.6 is 0 Å². The molecule has 25 heavy (non-hydrogen) atoms. The van der Waals surface area contributed by atoms with E-state index in [0.717, 1.165) is 23.8 Å². The van der Waals surface area contributed by atoms with Crippen LogP contribution in [0.1, 0.15) is 21.8 Å². The number of non-ortho nitro benzene ring substituents is 1.